The molecule has 3 heteroatoms. The van der Waals surface area contributed by atoms with Crippen LogP contribution in [-0.4, -0.2) is 24.2 Å². The lowest BCUT2D eigenvalue weighted by atomic mass is 10.1. The van der Waals surface area contributed by atoms with Crippen LogP contribution in [0.2, 0.25) is 0 Å². The summed E-state index contributed by atoms with van der Waals surface area (Å²) in [4.78, 5) is 13.1. The van der Waals surface area contributed by atoms with Gasteiger partial charge in [0.1, 0.15) is 0 Å². The Labute approximate surface area is 95.7 Å². The smallest absolute Gasteiger partial charge is 0.335 e. The van der Waals surface area contributed by atoms with Crippen LogP contribution in [0.1, 0.15) is 30.1 Å². The first-order chi connectivity index (χ1) is 7.70. The highest BCUT2D eigenvalue weighted by atomic mass is 16.4. The van der Waals surface area contributed by atoms with Gasteiger partial charge in [0.15, 0.2) is 0 Å². The van der Waals surface area contributed by atoms with Gasteiger partial charge in [0.2, 0.25) is 0 Å². The zero-order chi connectivity index (χ0) is 11.5. The van der Waals surface area contributed by atoms with Crippen LogP contribution in [0.5, 0.6) is 0 Å². The third-order valence-electron chi connectivity index (χ3n) is 3.34. The fraction of sp³-hybridized carbons (Fsp3) is 0.462. The molecule has 1 aromatic rings. The summed E-state index contributed by atoms with van der Waals surface area (Å²) in [7, 11) is 0. The van der Waals surface area contributed by atoms with Crippen LogP contribution in [0, 0.1) is 5.92 Å². The molecule has 1 aromatic carbocycles. The number of rotatable bonds is 3. The van der Waals surface area contributed by atoms with Crippen molar-refractivity contribution in [3.63, 3.8) is 0 Å². The van der Waals surface area contributed by atoms with E-state index in [1.165, 1.54) is 12.8 Å². The van der Waals surface area contributed by atoms with E-state index in [0.29, 0.717) is 5.56 Å². The maximum atomic E-state index is 10.7. The fourth-order valence-corrected chi connectivity index (χ4v) is 2.22. The van der Waals surface area contributed by atoms with E-state index < -0.39 is 5.97 Å². The van der Waals surface area contributed by atoms with Crippen molar-refractivity contribution in [1.82, 2.24) is 0 Å². The molecule has 86 valence electrons. The van der Waals surface area contributed by atoms with Gasteiger partial charge in [-0.1, -0.05) is 13.3 Å². The normalized spacial score (nSPS) is 20.1. The summed E-state index contributed by atoms with van der Waals surface area (Å²) in [5, 5.41) is 8.81. The molecule has 16 heavy (non-hydrogen) atoms. The quantitative estimate of drug-likeness (QED) is 0.849. The molecule has 1 unspecified atom stereocenters. The standard InChI is InChI=1S/C13H17NO2/c1-2-10-7-8-14(9-10)12-5-3-11(4-6-12)13(15)16/h3-6,10H,2,7-9H2,1H3,(H,15,16). The summed E-state index contributed by atoms with van der Waals surface area (Å²) < 4.78 is 0. The van der Waals surface area contributed by atoms with E-state index in [4.69, 9.17) is 5.11 Å². The Bertz CT molecular complexity index is 372. The first-order valence-electron chi connectivity index (χ1n) is 5.79. The van der Waals surface area contributed by atoms with Crippen molar-refractivity contribution in [3.8, 4) is 0 Å². The maximum absolute atomic E-state index is 10.7. The Hall–Kier alpha value is -1.51. The molecule has 1 atom stereocenters. The number of aromatic carboxylic acids is 1. The van der Waals surface area contributed by atoms with Crippen molar-refractivity contribution < 1.29 is 9.90 Å². The third kappa shape index (κ3) is 2.18. The van der Waals surface area contributed by atoms with Crippen molar-refractivity contribution >= 4 is 11.7 Å². The lowest BCUT2D eigenvalue weighted by Gasteiger charge is -2.18. The minimum Gasteiger partial charge on any atom is -0.478 e. The van der Waals surface area contributed by atoms with Gasteiger partial charge in [-0.25, -0.2) is 4.79 Å². The molecule has 1 N–H and O–H groups in total. The van der Waals surface area contributed by atoms with Crippen molar-refractivity contribution in [2.45, 2.75) is 19.8 Å². The largest absolute Gasteiger partial charge is 0.478 e. The summed E-state index contributed by atoms with van der Waals surface area (Å²) in [6.07, 6.45) is 2.47. The van der Waals surface area contributed by atoms with Gasteiger partial charge in [0, 0.05) is 18.8 Å². The predicted octanol–water partition coefficient (Wildman–Crippen LogP) is 2.62. The molecule has 1 heterocycles. The minimum absolute atomic E-state index is 0.356. The molecule has 1 aliphatic heterocycles. The van der Waals surface area contributed by atoms with Crippen LogP contribution >= 0.6 is 0 Å². The van der Waals surface area contributed by atoms with Crippen LogP contribution in [0.15, 0.2) is 24.3 Å². The monoisotopic (exact) mass is 219 g/mol. The van der Waals surface area contributed by atoms with Gasteiger partial charge >= 0.3 is 5.97 Å². The lowest BCUT2D eigenvalue weighted by Crippen LogP contribution is -2.19. The molecule has 0 bridgehead atoms. The number of carboxylic acids is 1. The van der Waals surface area contributed by atoms with Crippen LogP contribution in [-0.2, 0) is 0 Å². The van der Waals surface area contributed by atoms with Gasteiger partial charge in [0.05, 0.1) is 5.56 Å². The molecule has 1 aliphatic rings. The van der Waals surface area contributed by atoms with Crippen LogP contribution in [0.4, 0.5) is 5.69 Å². The summed E-state index contributed by atoms with van der Waals surface area (Å²) >= 11 is 0. The van der Waals surface area contributed by atoms with E-state index in [1.807, 2.05) is 12.1 Å². The van der Waals surface area contributed by atoms with Gasteiger partial charge in [0.25, 0.3) is 0 Å². The maximum Gasteiger partial charge on any atom is 0.335 e. The Morgan fingerprint density at radius 1 is 1.44 bits per heavy atom. The van der Waals surface area contributed by atoms with Crippen molar-refractivity contribution in [2.24, 2.45) is 5.92 Å². The van der Waals surface area contributed by atoms with Crippen molar-refractivity contribution in [2.75, 3.05) is 18.0 Å². The summed E-state index contributed by atoms with van der Waals surface area (Å²) in [6, 6.07) is 7.16. The fourth-order valence-electron chi connectivity index (χ4n) is 2.22. The number of benzene rings is 1. The highest BCUT2D eigenvalue weighted by Crippen LogP contribution is 2.25. The van der Waals surface area contributed by atoms with Crippen LogP contribution in [0.3, 0.4) is 0 Å². The van der Waals surface area contributed by atoms with Gasteiger partial charge in [-0.05, 0) is 36.6 Å². The minimum atomic E-state index is -0.862. The summed E-state index contributed by atoms with van der Waals surface area (Å²) in [6.45, 7) is 4.41. The molecular formula is C13H17NO2. The molecule has 0 amide bonds. The topological polar surface area (TPSA) is 40.5 Å². The third-order valence-corrected chi connectivity index (χ3v) is 3.34. The predicted molar refractivity (Wildman–Crippen MR) is 64.0 cm³/mol. The SMILES string of the molecule is CCC1CCN(c2ccc(C(=O)O)cc2)C1. The number of carboxylic acid groups (broad SMARTS) is 1. The number of carbonyl (C=O) groups is 1. The van der Waals surface area contributed by atoms with Gasteiger partial charge in [-0.15, -0.1) is 0 Å². The number of hydrogen-bond donors (Lipinski definition) is 1. The Morgan fingerprint density at radius 3 is 2.62 bits per heavy atom. The Morgan fingerprint density at radius 2 is 2.12 bits per heavy atom. The second-order valence-corrected chi connectivity index (χ2v) is 4.36. The first-order valence-corrected chi connectivity index (χ1v) is 5.79. The van der Waals surface area contributed by atoms with Crippen LogP contribution < -0.4 is 4.90 Å². The molecule has 0 aliphatic carbocycles. The molecule has 0 aromatic heterocycles. The van der Waals surface area contributed by atoms with Gasteiger partial charge < -0.3 is 10.0 Å². The molecule has 2 rings (SSSR count). The number of nitrogens with zero attached hydrogens (tertiary/aromatic N) is 1. The lowest BCUT2D eigenvalue weighted by molar-refractivity contribution is 0.0697. The first kappa shape index (κ1) is 11.0. The zero-order valence-corrected chi connectivity index (χ0v) is 9.52. The highest BCUT2D eigenvalue weighted by molar-refractivity contribution is 5.88. The van der Waals surface area contributed by atoms with E-state index in [1.54, 1.807) is 12.1 Å². The van der Waals surface area contributed by atoms with E-state index in [9.17, 15) is 4.79 Å². The summed E-state index contributed by atoms with van der Waals surface area (Å²) in [5.74, 6) is -0.0708. The van der Waals surface area contributed by atoms with Gasteiger partial charge in [-0.2, -0.15) is 0 Å². The van der Waals surface area contributed by atoms with Crippen molar-refractivity contribution in [1.29, 1.82) is 0 Å². The van der Waals surface area contributed by atoms with Gasteiger partial charge in [-0.3, -0.25) is 0 Å². The molecule has 3 nitrogen and oxygen atoms in total. The van der Waals surface area contributed by atoms with Crippen molar-refractivity contribution in [3.05, 3.63) is 29.8 Å². The second-order valence-electron chi connectivity index (χ2n) is 4.36. The molecule has 1 fully saturated rings. The van der Waals surface area contributed by atoms with E-state index in [2.05, 4.69) is 11.8 Å². The van der Waals surface area contributed by atoms with Crippen LogP contribution in [0.25, 0.3) is 0 Å². The molecule has 1 saturated heterocycles. The molecule has 0 radical (unpaired) electrons. The molecule has 0 spiro atoms. The van der Waals surface area contributed by atoms with E-state index >= 15 is 0 Å². The zero-order valence-electron chi connectivity index (χ0n) is 9.52. The highest BCUT2D eigenvalue weighted by Gasteiger charge is 2.20. The average molecular weight is 219 g/mol. The molecular weight excluding hydrogens is 202 g/mol. The Balaban J connectivity index is 2.08. The molecule has 0 saturated carbocycles. The van der Waals surface area contributed by atoms with E-state index in [-0.39, 0.29) is 0 Å². The number of anilines is 1. The van der Waals surface area contributed by atoms with E-state index in [0.717, 1.165) is 24.7 Å². The average Bonchev–Trinajstić information content (AvgIpc) is 2.77. The second kappa shape index (κ2) is 4.56. The summed E-state index contributed by atoms with van der Waals surface area (Å²) in [5.41, 5.74) is 1.50. The Kier molecular flexibility index (Phi) is 3.13. The number of hydrogen-bond acceptors (Lipinski definition) is 2.